The lowest BCUT2D eigenvalue weighted by molar-refractivity contribution is -0.148. The molecule has 0 aromatic heterocycles. The van der Waals surface area contributed by atoms with Crippen LogP contribution in [0, 0.1) is 17.8 Å². The summed E-state index contributed by atoms with van der Waals surface area (Å²) in [4.78, 5) is 40.6. The number of carbonyl (C=O) groups is 3. The number of amides is 3. The summed E-state index contributed by atoms with van der Waals surface area (Å²) in [5.41, 5.74) is 3.28. The topological polar surface area (TPSA) is 66.5 Å². The zero-order valence-corrected chi connectivity index (χ0v) is 22.3. The quantitative estimate of drug-likeness (QED) is 0.323. The minimum absolute atomic E-state index is 0.356. The summed E-state index contributed by atoms with van der Waals surface area (Å²) in [6.07, 6.45) is 0. The van der Waals surface area contributed by atoms with Crippen molar-refractivity contribution in [1.29, 1.82) is 0 Å². The van der Waals surface area contributed by atoms with Gasteiger partial charge in [0.25, 0.3) is 0 Å². The number of benzene rings is 3. The standard InChI is InChI=1S/C29H23Cl3N2O3/c1-15(2)24(25(35)33-21-14-8-7-13-20(21)30)34-26(36)22-23(27(34)37)29(32)17-10-4-3-9-16(17)28(22,31)18-11-5-6-12-19(18)29/h3-15,22-24H,1-2H3,(H,33,35)/t22-,23-,24-,28?,29?/m0/s1. The molecule has 5 nitrogen and oxygen atoms in total. The van der Waals surface area contributed by atoms with Gasteiger partial charge >= 0.3 is 0 Å². The predicted molar refractivity (Wildman–Crippen MR) is 144 cm³/mol. The maximum Gasteiger partial charge on any atom is 0.247 e. The molecule has 3 amide bonds. The first-order chi connectivity index (χ1) is 17.6. The van der Waals surface area contributed by atoms with Crippen molar-refractivity contribution in [2.45, 2.75) is 29.6 Å². The number of nitrogens with zero attached hydrogens (tertiary/aromatic N) is 1. The van der Waals surface area contributed by atoms with E-state index in [0.717, 1.165) is 27.2 Å². The Morgan fingerprint density at radius 3 is 1.59 bits per heavy atom. The highest BCUT2D eigenvalue weighted by Crippen LogP contribution is 2.69. The van der Waals surface area contributed by atoms with Gasteiger partial charge in [0.15, 0.2) is 0 Å². The summed E-state index contributed by atoms with van der Waals surface area (Å²) >= 11 is 21.2. The van der Waals surface area contributed by atoms with E-state index in [9.17, 15) is 14.4 Å². The Bertz CT molecular complexity index is 1360. The lowest BCUT2D eigenvalue weighted by atomic mass is 9.54. The van der Waals surface area contributed by atoms with Gasteiger partial charge in [-0.3, -0.25) is 19.3 Å². The van der Waals surface area contributed by atoms with E-state index in [-0.39, 0.29) is 5.92 Å². The number of para-hydroxylation sites is 1. The molecule has 0 spiro atoms. The van der Waals surface area contributed by atoms with E-state index in [1.165, 1.54) is 0 Å². The van der Waals surface area contributed by atoms with Crippen LogP contribution in [0.5, 0.6) is 0 Å². The van der Waals surface area contributed by atoms with Crippen molar-refractivity contribution in [3.63, 3.8) is 0 Å². The number of imide groups is 1. The molecule has 1 N–H and O–H groups in total. The summed E-state index contributed by atoms with van der Waals surface area (Å²) in [5, 5.41) is 3.16. The Labute approximate surface area is 229 Å². The van der Waals surface area contributed by atoms with Crippen molar-refractivity contribution in [1.82, 2.24) is 4.90 Å². The fourth-order valence-electron chi connectivity index (χ4n) is 6.45. The van der Waals surface area contributed by atoms with Crippen LogP contribution in [0.25, 0.3) is 0 Å². The maximum absolute atomic E-state index is 14.2. The van der Waals surface area contributed by atoms with Crippen LogP contribution in [-0.2, 0) is 24.1 Å². The fourth-order valence-corrected chi connectivity index (χ4v) is 7.73. The van der Waals surface area contributed by atoms with Gasteiger partial charge in [-0.25, -0.2) is 0 Å². The van der Waals surface area contributed by atoms with Crippen molar-refractivity contribution < 1.29 is 14.4 Å². The van der Waals surface area contributed by atoms with E-state index in [1.54, 1.807) is 38.1 Å². The average molecular weight is 554 g/mol. The van der Waals surface area contributed by atoms with Crippen LogP contribution in [0.15, 0.2) is 72.8 Å². The number of anilines is 1. The molecule has 1 saturated heterocycles. The normalized spacial score (nSPS) is 28.1. The smallest absolute Gasteiger partial charge is 0.247 e. The van der Waals surface area contributed by atoms with E-state index in [1.807, 2.05) is 48.5 Å². The third-order valence-electron chi connectivity index (χ3n) is 7.93. The summed E-state index contributed by atoms with van der Waals surface area (Å²) in [6.45, 7) is 3.59. The number of carbonyl (C=O) groups excluding carboxylic acids is 3. The van der Waals surface area contributed by atoms with Crippen LogP contribution in [0.3, 0.4) is 0 Å². The monoisotopic (exact) mass is 552 g/mol. The molecule has 1 heterocycles. The van der Waals surface area contributed by atoms with Crippen LogP contribution in [0.1, 0.15) is 36.1 Å². The molecule has 3 atom stereocenters. The Balaban J connectivity index is 1.50. The third kappa shape index (κ3) is 3.08. The number of rotatable bonds is 4. The first kappa shape index (κ1) is 24.5. The van der Waals surface area contributed by atoms with Gasteiger partial charge in [0.2, 0.25) is 17.7 Å². The Hall–Kier alpha value is -2.86. The van der Waals surface area contributed by atoms with E-state index >= 15 is 0 Å². The third-order valence-corrected chi connectivity index (χ3v) is 9.54. The van der Waals surface area contributed by atoms with E-state index < -0.39 is 45.3 Å². The Morgan fingerprint density at radius 2 is 1.19 bits per heavy atom. The highest BCUT2D eigenvalue weighted by molar-refractivity contribution is 6.36. The maximum atomic E-state index is 14.2. The number of alkyl halides is 2. The molecule has 4 aliphatic rings. The van der Waals surface area contributed by atoms with Crippen LogP contribution < -0.4 is 5.32 Å². The van der Waals surface area contributed by atoms with Crippen molar-refractivity contribution in [3.8, 4) is 0 Å². The first-order valence-corrected chi connectivity index (χ1v) is 13.3. The average Bonchev–Trinajstić information content (AvgIpc) is 3.15. The second-order valence-corrected chi connectivity index (χ2v) is 11.8. The van der Waals surface area contributed by atoms with Crippen LogP contribution in [0.4, 0.5) is 5.69 Å². The molecule has 1 aliphatic heterocycles. The molecule has 2 bridgehead atoms. The number of halogens is 3. The van der Waals surface area contributed by atoms with Gasteiger partial charge < -0.3 is 5.32 Å². The van der Waals surface area contributed by atoms with Gasteiger partial charge in [0.05, 0.1) is 22.5 Å². The summed E-state index contributed by atoms with van der Waals surface area (Å²) in [6, 6.07) is 20.6. The lowest BCUT2D eigenvalue weighted by Crippen LogP contribution is -2.57. The zero-order valence-electron chi connectivity index (χ0n) is 20.0. The zero-order chi connectivity index (χ0) is 26.3. The summed E-state index contributed by atoms with van der Waals surface area (Å²) < 4.78 is 0. The van der Waals surface area contributed by atoms with Gasteiger partial charge in [-0.05, 0) is 40.3 Å². The summed E-state index contributed by atoms with van der Waals surface area (Å²) in [5.74, 6) is -3.79. The van der Waals surface area contributed by atoms with Crippen molar-refractivity contribution in [2.75, 3.05) is 5.32 Å². The molecule has 188 valence electrons. The number of nitrogens with one attached hydrogen (secondary N) is 1. The van der Waals surface area contributed by atoms with Crippen LogP contribution in [0.2, 0.25) is 5.02 Å². The second kappa shape index (κ2) is 8.32. The molecular formula is C29H23Cl3N2O3. The number of hydrogen-bond donors (Lipinski definition) is 1. The molecule has 1 fully saturated rings. The molecular weight excluding hydrogens is 531 g/mol. The summed E-state index contributed by atoms with van der Waals surface area (Å²) in [7, 11) is 0. The molecule has 3 aromatic rings. The number of likely N-dealkylation sites (tertiary alicyclic amines) is 1. The van der Waals surface area contributed by atoms with E-state index in [2.05, 4.69) is 5.32 Å². The van der Waals surface area contributed by atoms with Crippen LogP contribution >= 0.6 is 34.8 Å². The van der Waals surface area contributed by atoms with Crippen molar-refractivity contribution in [2.24, 2.45) is 17.8 Å². The van der Waals surface area contributed by atoms with Gasteiger partial charge in [0, 0.05) is 0 Å². The Morgan fingerprint density at radius 1 is 0.784 bits per heavy atom. The Kier molecular flexibility index (Phi) is 5.50. The predicted octanol–water partition coefficient (Wildman–Crippen LogP) is 5.90. The molecule has 37 heavy (non-hydrogen) atoms. The van der Waals surface area contributed by atoms with E-state index in [0.29, 0.717) is 10.7 Å². The van der Waals surface area contributed by atoms with Crippen LogP contribution in [-0.4, -0.2) is 28.7 Å². The molecule has 0 radical (unpaired) electrons. The van der Waals surface area contributed by atoms with Gasteiger partial charge in [-0.2, -0.15) is 0 Å². The lowest BCUT2D eigenvalue weighted by Gasteiger charge is -2.54. The van der Waals surface area contributed by atoms with Gasteiger partial charge in [-0.1, -0.05) is 86.1 Å². The van der Waals surface area contributed by atoms with E-state index in [4.69, 9.17) is 34.8 Å². The molecule has 3 aromatic carbocycles. The van der Waals surface area contributed by atoms with Gasteiger partial charge in [0.1, 0.15) is 15.8 Å². The molecule has 0 unspecified atom stereocenters. The second-order valence-electron chi connectivity index (χ2n) is 10.2. The first-order valence-electron chi connectivity index (χ1n) is 12.1. The molecule has 8 heteroatoms. The molecule has 7 rings (SSSR count). The van der Waals surface area contributed by atoms with Gasteiger partial charge in [-0.15, -0.1) is 23.2 Å². The number of hydrogen-bond acceptors (Lipinski definition) is 3. The minimum atomic E-state index is -1.29. The van der Waals surface area contributed by atoms with Crippen molar-refractivity contribution >= 4 is 58.2 Å². The van der Waals surface area contributed by atoms with Crippen molar-refractivity contribution in [3.05, 3.63) is 100 Å². The minimum Gasteiger partial charge on any atom is -0.323 e. The molecule has 0 saturated carbocycles. The largest absolute Gasteiger partial charge is 0.323 e. The highest BCUT2D eigenvalue weighted by atomic mass is 35.5. The molecule has 3 aliphatic carbocycles. The fraction of sp³-hybridized carbons (Fsp3) is 0.276. The SMILES string of the molecule is CC(C)[C@@H](C(=O)Nc1ccccc1Cl)N1C(=O)[C@@H]2[C@@H](C1=O)C1(Cl)c3ccccc3C2(Cl)c2ccccc21. The highest BCUT2D eigenvalue weighted by Gasteiger charge is 2.73.